The molecule has 0 radical (unpaired) electrons. The summed E-state index contributed by atoms with van der Waals surface area (Å²) in [6.07, 6.45) is 0.326. The van der Waals surface area contributed by atoms with Gasteiger partial charge in [-0.2, -0.15) is 0 Å². The Morgan fingerprint density at radius 2 is 1.81 bits per heavy atom. The Morgan fingerprint density at radius 1 is 1.11 bits per heavy atom. The van der Waals surface area contributed by atoms with Crippen LogP contribution in [0.15, 0.2) is 24.3 Å². The van der Waals surface area contributed by atoms with Gasteiger partial charge in [-0.3, -0.25) is 14.5 Å². The number of carbonyl (C=O) groups excluding carboxylic acids is 2. The van der Waals surface area contributed by atoms with Crippen molar-refractivity contribution in [2.24, 2.45) is 0 Å². The van der Waals surface area contributed by atoms with E-state index in [2.05, 4.69) is 0 Å². The van der Waals surface area contributed by atoms with Crippen LogP contribution in [-0.4, -0.2) is 82.3 Å². The molecule has 1 atom stereocenters. The van der Waals surface area contributed by atoms with Gasteiger partial charge < -0.3 is 19.3 Å². The first-order chi connectivity index (χ1) is 13.1. The van der Waals surface area contributed by atoms with Gasteiger partial charge in [-0.1, -0.05) is 11.6 Å². The van der Waals surface area contributed by atoms with Crippen LogP contribution in [0.25, 0.3) is 0 Å². The lowest BCUT2D eigenvalue weighted by Gasteiger charge is -2.32. The third-order valence-electron chi connectivity index (χ3n) is 5.39. The van der Waals surface area contributed by atoms with Crippen LogP contribution in [0.5, 0.6) is 5.75 Å². The van der Waals surface area contributed by atoms with E-state index in [0.717, 1.165) is 38.5 Å². The van der Waals surface area contributed by atoms with E-state index in [-0.39, 0.29) is 17.9 Å². The predicted octanol–water partition coefficient (Wildman–Crippen LogP) is -1.72. The summed E-state index contributed by atoms with van der Waals surface area (Å²) in [5.74, 6) is 0.719. The summed E-state index contributed by atoms with van der Waals surface area (Å²) >= 11 is 5.87. The van der Waals surface area contributed by atoms with Crippen LogP contribution < -0.4 is 14.5 Å². The molecular weight excluding hydrogens is 370 g/mol. The number of halogens is 1. The summed E-state index contributed by atoms with van der Waals surface area (Å²) in [5, 5.41) is 0.702. The highest BCUT2D eigenvalue weighted by atomic mass is 35.5. The van der Waals surface area contributed by atoms with E-state index in [1.54, 1.807) is 7.11 Å². The first-order valence-corrected chi connectivity index (χ1v) is 9.86. The number of nitrogens with one attached hydrogen (secondary N) is 2. The smallest absolute Gasteiger partial charge is 0.288 e. The van der Waals surface area contributed by atoms with E-state index in [9.17, 15) is 9.59 Å². The summed E-state index contributed by atoms with van der Waals surface area (Å²) in [6.45, 7) is 6.09. The Balaban J connectivity index is 1.40. The Bertz CT molecular complexity index is 647. The highest BCUT2D eigenvalue weighted by Gasteiger charge is 2.45. The first-order valence-electron chi connectivity index (χ1n) is 9.48. The van der Waals surface area contributed by atoms with Gasteiger partial charge in [-0.15, -0.1) is 0 Å². The summed E-state index contributed by atoms with van der Waals surface area (Å²) in [5.41, 5.74) is 0. The number of hydrogen-bond acceptors (Lipinski definition) is 4. The van der Waals surface area contributed by atoms with E-state index in [0.29, 0.717) is 31.2 Å². The van der Waals surface area contributed by atoms with Gasteiger partial charge in [0.1, 0.15) is 45.1 Å². The molecule has 0 unspecified atom stereocenters. The zero-order valence-corrected chi connectivity index (χ0v) is 16.5. The van der Waals surface area contributed by atoms with Crippen LogP contribution >= 0.6 is 11.6 Å². The standard InChI is InChI=1S/C19H26ClN3O4/c1-26-12-11-23-18(24)14-17(19(23)25)22-8-6-21(7-9-22)10-13-27-16-4-2-15(20)3-5-16/h2-5,17H,6-14H2,1H3/p+2/t17-/m0/s1. The Hall–Kier alpha value is -1.67. The molecule has 8 heteroatoms. The second kappa shape index (κ2) is 9.50. The van der Waals surface area contributed by atoms with Crippen LogP contribution in [0.4, 0.5) is 0 Å². The molecule has 0 saturated carbocycles. The van der Waals surface area contributed by atoms with Crippen LogP contribution in [0.3, 0.4) is 0 Å². The Kier molecular flexibility index (Phi) is 7.07. The molecule has 2 N–H and O–H groups in total. The van der Waals surface area contributed by atoms with Gasteiger partial charge in [0.05, 0.1) is 19.6 Å². The molecule has 2 heterocycles. The lowest BCUT2D eigenvalue weighted by Crippen LogP contribution is -3.30. The predicted molar refractivity (Wildman–Crippen MR) is 100 cm³/mol. The molecule has 7 nitrogen and oxygen atoms in total. The van der Waals surface area contributed by atoms with E-state index >= 15 is 0 Å². The van der Waals surface area contributed by atoms with Crippen LogP contribution in [0.2, 0.25) is 5.02 Å². The third kappa shape index (κ3) is 5.19. The van der Waals surface area contributed by atoms with Crippen molar-refractivity contribution in [3.8, 4) is 5.75 Å². The lowest BCUT2D eigenvalue weighted by molar-refractivity contribution is -1.02. The van der Waals surface area contributed by atoms with Crippen molar-refractivity contribution in [2.45, 2.75) is 12.5 Å². The molecule has 0 aromatic heterocycles. The van der Waals surface area contributed by atoms with Gasteiger partial charge in [0.25, 0.3) is 5.91 Å². The van der Waals surface area contributed by atoms with Crippen molar-refractivity contribution in [1.82, 2.24) is 4.90 Å². The largest absolute Gasteiger partial charge is 0.488 e. The maximum Gasteiger partial charge on any atom is 0.288 e. The highest BCUT2D eigenvalue weighted by molar-refractivity contribution is 6.30. The van der Waals surface area contributed by atoms with Crippen molar-refractivity contribution in [3.63, 3.8) is 0 Å². The molecule has 27 heavy (non-hydrogen) atoms. The van der Waals surface area contributed by atoms with E-state index in [1.165, 1.54) is 14.7 Å². The number of carbonyl (C=O) groups is 2. The zero-order chi connectivity index (χ0) is 19.2. The van der Waals surface area contributed by atoms with Gasteiger partial charge in [-0.25, -0.2) is 0 Å². The number of amides is 2. The second-order valence-electron chi connectivity index (χ2n) is 7.09. The number of benzene rings is 1. The Labute approximate surface area is 164 Å². The van der Waals surface area contributed by atoms with Crippen LogP contribution in [0.1, 0.15) is 6.42 Å². The number of methoxy groups -OCH3 is 1. The molecule has 0 spiro atoms. The molecule has 1 aromatic carbocycles. The molecule has 3 rings (SSSR count). The molecule has 1 aromatic rings. The number of nitrogens with zero attached hydrogens (tertiary/aromatic N) is 1. The topological polar surface area (TPSA) is 64.7 Å². The molecule has 2 aliphatic rings. The summed E-state index contributed by atoms with van der Waals surface area (Å²) in [4.78, 5) is 28.7. The highest BCUT2D eigenvalue weighted by Crippen LogP contribution is 2.15. The summed E-state index contributed by atoms with van der Waals surface area (Å²) in [6, 6.07) is 7.17. The number of imide groups is 1. The number of quaternary nitrogens is 2. The summed E-state index contributed by atoms with van der Waals surface area (Å²) in [7, 11) is 1.58. The average molecular weight is 398 g/mol. The zero-order valence-electron chi connectivity index (χ0n) is 15.7. The monoisotopic (exact) mass is 397 g/mol. The molecule has 2 aliphatic heterocycles. The van der Waals surface area contributed by atoms with Gasteiger partial charge in [0.15, 0.2) is 6.04 Å². The molecule has 2 fully saturated rings. The number of piperazine rings is 1. The van der Waals surface area contributed by atoms with Crippen molar-refractivity contribution in [2.75, 3.05) is 59.6 Å². The summed E-state index contributed by atoms with van der Waals surface area (Å²) < 4.78 is 10.8. The van der Waals surface area contributed by atoms with Crippen LogP contribution in [0, 0.1) is 0 Å². The average Bonchev–Trinajstić information content (AvgIpc) is 2.96. The first kappa shape index (κ1) is 20.1. The van der Waals surface area contributed by atoms with Gasteiger partial charge in [-0.05, 0) is 24.3 Å². The number of likely N-dealkylation sites (tertiary alicyclic amines) is 1. The van der Waals surface area contributed by atoms with Crippen molar-refractivity contribution >= 4 is 23.4 Å². The maximum absolute atomic E-state index is 12.5. The SMILES string of the molecule is COCCN1C(=O)C[C@H]([NH+]2CC[NH+](CCOc3ccc(Cl)cc3)CC2)C1=O. The minimum Gasteiger partial charge on any atom is -0.488 e. The minimum absolute atomic E-state index is 0.0402. The molecule has 148 valence electrons. The fourth-order valence-electron chi connectivity index (χ4n) is 3.79. The fourth-order valence-corrected chi connectivity index (χ4v) is 3.91. The molecule has 2 amide bonds. The quantitative estimate of drug-likeness (QED) is 0.512. The van der Waals surface area contributed by atoms with Crippen LogP contribution in [-0.2, 0) is 14.3 Å². The van der Waals surface area contributed by atoms with Crippen molar-refractivity contribution in [1.29, 1.82) is 0 Å². The van der Waals surface area contributed by atoms with E-state index < -0.39 is 0 Å². The molecule has 2 saturated heterocycles. The molecule has 0 bridgehead atoms. The van der Waals surface area contributed by atoms with Crippen molar-refractivity contribution in [3.05, 3.63) is 29.3 Å². The van der Waals surface area contributed by atoms with Gasteiger partial charge >= 0.3 is 0 Å². The molecule has 0 aliphatic carbocycles. The van der Waals surface area contributed by atoms with E-state index in [1.807, 2.05) is 24.3 Å². The number of rotatable bonds is 8. The van der Waals surface area contributed by atoms with Gasteiger partial charge in [0.2, 0.25) is 5.91 Å². The number of ether oxygens (including phenoxy) is 2. The normalized spacial score (nSPS) is 25.9. The lowest BCUT2D eigenvalue weighted by atomic mass is 10.2. The van der Waals surface area contributed by atoms with E-state index in [4.69, 9.17) is 21.1 Å². The maximum atomic E-state index is 12.5. The number of hydrogen-bond donors (Lipinski definition) is 2. The third-order valence-corrected chi connectivity index (χ3v) is 5.65. The fraction of sp³-hybridized carbons (Fsp3) is 0.579. The van der Waals surface area contributed by atoms with Crippen molar-refractivity contribution < 1.29 is 28.9 Å². The molecular formula is C19H28ClN3O4+2. The van der Waals surface area contributed by atoms with Gasteiger partial charge in [0, 0.05) is 12.1 Å². The minimum atomic E-state index is -0.221. The Morgan fingerprint density at radius 3 is 2.48 bits per heavy atom. The second-order valence-corrected chi connectivity index (χ2v) is 7.53.